The highest BCUT2D eigenvalue weighted by molar-refractivity contribution is 7.12. The van der Waals surface area contributed by atoms with Gasteiger partial charge in [-0.05, 0) is 54.8 Å². The first-order chi connectivity index (χ1) is 14.1. The first-order valence-corrected chi connectivity index (χ1v) is 9.94. The standard InChI is InChI=1S/C22H20N2O4S/c1-2-24(18-7-4-3-5-8-18)20(25)15-28-22(27)16-10-12-17(13-11-16)23-21(26)19-9-6-14-29-19/h3-14H,2,15H2,1H3,(H,23,26). The van der Waals surface area contributed by atoms with Crippen molar-refractivity contribution in [3.05, 3.63) is 82.6 Å². The molecule has 2 amide bonds. The number of benzene rings is 2. The maximum absolute atomic E-state index is 12.4. The van der Waals surface area contributed by atoms with E-state index in [0.717, 1.165) is 5.69 Å². The summed E-state index contributed by atoms with van der Waals surface area (Å²) < 4.78 is 5.16. The summed E-state index contributed by atoms with van der Waals surface area (Å²) in [4.78, 5) is 38.8. The Balaban J connectivity index is 1.55. The fraction of sp³-hybridized carbons (Fsp3) is 0.136. The summed E-state index contributed by atoms with van der Waals surface area (Å²) in [6.45, 7) is 1.98. The highest BCUT2D eigenvalue weighted by Gasteiger charge is 2.17. The molecule has 0 spiro atoms. The lowest BCUT2D eigenvalue weighted by atomic mass is 10.2. The fourth-order valence-electron chi connectivity index (χ4n) is 2.69. The van der Waals surface area contributed by atoms with Crippen LogP contribution in [0.2, 0.25) is 0 Å². The number of hydrogen-bond acceptors (Lipinski definition) is 5. The molecule has 29 heavy (non-hydrogen) atoms. The Labute approximate surface area is 172 Å². The molecule has 2 aromatic carbocycles. The fourth-order valence-corrected chi connectivity index (χ4v) is 3.31. The van der Waals surface area contributed by atoms with Gasteiger partial charge in [-0.2, -0.15) is 0 Å². The van der Waals surface area contributed by atoms with Crippen LogP contribution in [0.3, 0.4) is 0 Å². The van der Waals surface area contributed by atoms with Crippen LogP contribution in [-0.4, -0.2) is 30.9 Å². The maximum atomic E-state index is 12.4. The Hall–Kier alpha value is -3.45. The third-order valence-corrected chi connectivity index (χ3v) is 5.00. The van der Waals surface area contributed by atoms with Crippen LogP contribution in [0.15, 0.2) is 72.1 Å². The smallest absolute Gasteiger partial charge is 0.338 e. The van der Waals surface area contributed by atoms with Crippen molar-refractivity contribution in [3.63, 3.8) is 0 Å². The molecule has 0 saturated carbocycles. The molecule has 0 fully saturated rings. The van der Waals surface area contributed by atoms with E-state index in [-0.39, 0.29) is 18.4 Å². The number of para-hydroxylation sites is 1. The molecular formula is C22H20N2O4S. The van der Waals surface area contributed by atoms with Crippen LogP contribution in [0.1, 0.15) is 27.0 Å². The third-order valence-electron chi connectivity index (χ3n) is 4.14. The minimum atomic E-state index is -0.599. The van der Waals surface area contributed by atoms with Gasteiger partial charge in [-0.15, -0.1) is 11.3 Å². The minimum Gasteiger partial charge on any atom is -0.452 e. The van der Waals surface area contributed by atoms with Gasteiger partial charge in [0.1, 0.15) is 0 Å². The zero-order chi connectivity index (χ0) is 20.6. The molecule has 0 aliphatic carbocycles. The molecule has 1 N–H and O–H groups in total. The number of likely N-dealkylation sites (N-methyl/N-ethyl adjacent to an activating group) is 1. The van der Waals surface area contributed by atoms with Crippen LogP contribution < -0.4 is 10.2 Å². The number of thiophene rings is 1. The van der Waals surface area contributed by atoms with Crippen molar-refractivity contribution in [1.29, 1.82) is 0 Å². The number of amides is 2. The van der Waals surface area contributed by atoms with Crippen molar-refractivity contribution in [2.24, 2.45) is 0 Å². The lowest BCUT2D eigenvalue weighted by molar-refractivity contribution is -0.121. The average Bonchev–Trinajstić information content (AvgIpc) is 3.29. The van der Waals surface area contributed by atoms with Gasteiger partial charge in [0.15, 0.2) is 6.61 Å². The summed E-state index contributed by atoms with van der Waals surface area (Å²) in [5.41, 5.74) is 1.62. The number of hydrogen-bond donors (Lipinski definition) is 1. The molecule has 0 bridgehead atoms. The molecule has 0 unspecified atom stereocenters. The molecule has 148 valence electrons. The molecule has 0 aliphatic rings. The van der Waals surface area contributed by atoms with Crippen molar-refractivity contribution in [2.45, 2.75) is 6.92 Å². The van der Waals surface area contributed by atoms with Gasteiger partial charge in [-0.3, -0.25) is 9.59 Å². The molecule has 3 rings (SSSR count). The van der Waals surface area contributed by atoms with Gasteiger partial charge in [0.2, 0.25) is 0 Å². The minimum absolute atomic E-state index is 0.207. The summed E-state index contributed by atoms with van der Waals surface area (Å²) in [7, 11) is 0. The Kier molecular flexibility index (Phi) is 6.76. The second-order valence-corrected chi connectivity index (χ2v) is 7.01. The molecule has 3 aromatic rings. The molecule has 1 heterocycles. The largest absolute Gasteiger partial charge is 0.452 e. The molecule has 6 nitrogen and oxygen atoms in total. The summed E-state index contributed by atoms with van der Waals surface area (Å²) in [5.74, 6) is -1.10. The van der Waals surface area contributed by atoms with Crippen molar-refractivity contribution < 1.29 is 19.1 Å². The predicted molar refractivity (Wildman–Crippen MR) is 113 cm³/mol. The van der Waals surface area contributed by atoms with E-state index in [0.29, 0.717) is 22.7 Å². The van der Waals surface area contributed by atoms with E-state index in [1.165, 1.54) is 11.3 Å². The van der Waals surface area contributed by atoms with Crippen LogP contribution in [-0.2, 0) is 9.53 Å². The summed E-state index contributed by atoms with van der Waals surface area (Å²) in [5, 5.41) is 4.59. The highest BCUT2D eigenvalue weighted by Crippen LogP contribution is 2.16. The van der Waals surface area contributed by atoms with Crippen molar-refractivity contribution in [2.75, 3.05) is 23.4 Å². The van der Waals surface area contributed by atoms with Gasteiger partial charge in [0.05, 0.1) is 10.4 Å². The van der Waals surface area contributed by atoms with Gasteiger partial charge in [-0.1, -0.05) is 24.3 Å². The average molecular weight is 408 g/mol. The lowest BCUT2D eigenvalue weighted by Gasteiger charge is -2.20. The zero-order valence-electron chi connectivity index (χ0n) is 15.8. The van der Waals surface area contributed by atoms with Gasteiger partial charge in [0.25, 0.3) is 11.8 Å². The predicted octanol–water partition coefficient (Wildman–Crippen LogP) is 4.21. The van der Waals surface area contributed by atoms with Crippen LogP contribution in [0, 0.1) is 0 Å². The van der Waals surface area contributed by atoms with Crippen molar-refractivity contribution >= 4 is 40.5 Å². The summed E-state index contributed by atoms with van der Waals surface area (Å²) in [6, 6.07) is 19.1. The van der Waals surface area contributed by atoms with Crippen LogP contribution in [0.4, 0.5) is 11.4 Å². The van der Waals surface area contributed by atoms with Gasteiger partial charge in [0, 0.05) is 17.9 Å². The number of ether oxygens (including phenoxy) is 1. The number of esters is 1. The number of carbonyl (C=O) groups excluding carboxylic acids is 3. The molecule has 7 heteroatoms. The lowest BCUT2D eigenvalue weighted by Crippen LogP contribution is -2.34. The number of rotatable bonds is 7. The third kappa shape index (κ3) is 5.30. The summed E-state index contributed by atoms with van der Waals surface area (Å²) in [6.07, 6.45) is 0. The molecule has 0 aliphatic heterocycles. The maximum Gasteiger partial charge on any atom is 0.338 e. The molecule has 0 radical (unpaired) electrons. The van der Waals surface area contributed by atoms with Crippen molar-refractivity contribution in [1.82, 2.24) is 0 Å². The van der Waals surface area contributed by atoms with Crippen LogP contribution >= 0.6 is 11.3 Å². The van der Waals surface area contributed by atoms with Gasteiger partial charge < -0.3 is 15.0 Å². The Morgan fingerprint density at radius 3 is 2.31 bits per heavy atom. The first kappa shape index (κ1) is 20.3. The van der Waals surface area contributed by atoms with E-state index in [1.54, 1.807) is 41.3 Å². The van der Waals surface area contributed by atoms with Crippen molar-refractivity contribution in [3.8, 4) is 0 Å². The Bertz CT molecular complexity index is 970. The van der Waals surface area contributed by atoms with Gasteiger partial charge in [-0.25, -0.2) is 4.79 Å². The van der Waals surface area contributed by atoms with Gasteiger partial charge >= 0.3 is 5.97 Å². The van der Waals surface area contributed by atoms with Crippen LogP contribution in [0.5, 0.6) is 0 Å². The molecule has 0 saturated heterocycles. The zero-order valence-corrected chi connectivity index (χ0v) is 16.6. The molecular weight excluding hydrogens is 388 g/mol. The first-order valence-electron chi connectivity index (χ1n) is 9.06. The number of nitrogens with zero attached hydrogens (tertiary/aromatic N) is 1. The number of nitrogens with one attached hydrogen (secondary N) is 1. The quantitative estimate of drug-likeness (QED) is 0.594. The second-order valence-electron chi connectivity index (χ2n) is 6.06. The van der Waals surface area contributed by atoms with E-state index in [1.807, 2.05) is 42.6 Å². The van der Waals surface area contributed by atoms with E-state index >= 15 is 0 Å². The topological polar surface area (TPSA) is 75.7 Å². The second kappa shape index (κ2) is 9.66. The van der Waals surface area contributed by atoms with E-state index in [2.05, 4.69) is 5.32 Å². The normalized spacial score (nSPS) is 10.2. The monoisotopic (exact) mass is 408 g/mol. The Morgan fingerprint density at radius 1 is 0.966 bits per heavy atom. The number of anilines is 2. The molecule has 0 atom stereocenters. The molecule has 1 aromatic heterocycles. The SMILES string of the molecule is CCN(C(=O)COC(=O)c1ccc(NC(=O)c2cccs2)cc1)c1ccccc1. The van der Waals surface area contributed by atoms with E-state index in [9.17, 15) is 14.4 Å². The Morgan fingerprint density at radius 2 is 1.69 bits per heavy atom. The van der Waals surface area contributed by atoms with E-state index < -0.39 is 5.97 Å². The van der Waals surface area contributed by atoms with Crippen LogP contribution in [0.25, 0.3) is 0 Å². The summed E-state index contributed by atoms with van der Waals surface area (Å²) >= 11 is 1.35. The highest BCUT2D eigenvalue weighted by atomic mass is 32.1. The van der Waals surface area contributed by atoms with E-state index in [4.69, 9.17) is 4.74 Å². The number of carbonyl (C=O) groups is 3.